The van der Waals surface area contributed by atoms with Gasteiger partial charge in [-0.3, -0.25) is 4.99 Å². The highest BCUT2D eigenvalue weighted by Gasteiger charge is 2.10. The number of nitrogens with one attached hydrogen (secondary N) is 3. The van der Waals surface area contributed by atoms with Crippen molar-refractivity contribution in [2.45, 2.75) is 46.2 Å². The van der Waals surface area contributed by atoms with Crippen LogP contribution in [0, 0.1) is 12.7 Å². The summed E-state index contributed by atoms with van der Waals surface area (Å²) in [5.41, 5.74) is 1.66. The molecule has 0 amide bonds. The molecule has 0 heterocycles. The fourth-order valence-corrected chi connectivity index (χ4v) is 1.98. The van der Waals surface area contributed by atoms with E-state index in [1.54, 1.807) is 26.1 Å². The van der Waals surface area contributed by atoms with Gasteiger partial charge in [-0.1, -0.05) is 12.1 Å². The van der Waals surface area contributed by atoms with Gasteiger partial charge in [0.05, 0.1) is 6.04 Å². The van der Waals surface area contributed by atoms with Crippen LogP contribution in [-0.2, 0) is 0 Å². The Morgan fingerprint density at radius 1 is 1.26 bits per heavy atom. The van der Waals surface area contributed by atoms with E-state index in [1.165, 1.54) is 0 Å². The van der Waals surface area contributed by atoms with Crippen LogP contribution in [0.5, 0.6) is 0 Å². The number of hydrogen-bond acceptors (Lipinski definition) is 2. The van der Waals surface area contributed by atoms with Gasteiger partial charge in [-0.05, 0) is 51.8 Å². The van der Waals surface area contributed by atoms with Crippen molar-refractivity contribution in [3.8, 4) is 0 Å². The lowest BCUT2D eigenvalue weighted by molar-refractivity contribution is 0.428. The second-order valence-corrected chi connectivity index (χ2v) is 6.55. The summed E-state index contributed by atoms with van der Waals surface area (Å²) < 4.78 is 13.6. The first-order valence-electron chi connectivity index (χ1n) is 7.71. The third-order valence-corrected chi connectivity index (χ3v) is 3.35. The zero-order valence-electron chi connectivity index (χ0n) is 15.0. The average molecular weight is 436 g/mol. The summed E-state index contributed by atoms with van der Waals surface area (Å²) >= 11 is 0. The van der Waals surface area contributed by atoms with Crippen molar-refractivity contribution in [1.29, 1.82) is 0 Å². The van der Waals surface area contributed by atoms with Crippen LogP contribution < -0.4 is 16.0 Å². The van der Waals surface area contributed by atoms with Crippen molar-refractivity contribution in [2.75, 3.05) is 20.1 Å². The van der Waals surface area contributed by atoms with Crippen LogP contribution in [-0.4, -0.2) is 31.6 Å². The molecule has 0 radical (unpaired) electrons. The molecule has 132 valence electrons. The van der Waals surface area contributed by atoms with E-state index in [1.807, 2.05) is 13.0 Å². The fraction of sp³-hybridized carbons (Fsp3) is 0.588. The van der Waals surface area contributed by atoms with Crippen molar-refractivity contribution in [3.05, 3.63) is 35.1 Å². The first-order chi connectivity index (χ1) is 10.2. The normalized spacial score (nSPS) is 13.3. The molecule has 0 aromatic heterocycles. The Morgan fingerprint density at radius 3 is 2.43 bits per heavy atom. The number of halogens is 2. The number of hydrogen-bond donors (Lipinski definition) is 3. The summed E-state index contributed by atoms with van der Waals surface area (Å²) in [7, 11) is 1.73. The van der Waals surface area contributed by atoms with E-state index in [4.69, 9.17) is 0 Å². The molecule has 0 aliphatic carbocycles. The van der Waals surface area contributed by atoms with Gasteiger partial charge in [0.15, 0.2) is 5.96 Å². The molecule has 0 aliphatic heterocycles. The third kappa shape index (κ3) is 8.50. The van der Waals surface area contributed by atoms with Gasteiger partial charge in [0.2, 0.25) is 0 Å². The van der Waals surface area contributed by atoms with Gasteiger partial charge in [-0.2, -0.15) is 0 Å². The van der Waals surface area contributed by atoms with Crippen molar-refractivity contribution < 1.29 is 4.39 Å². The summed E-state index contributed by atoms with van der Waals surface area (Å²) in [6.07, 6.45) is 0. The number of rotatable bonds is 5. The summed E-state index contributed by atoms with van der Waals surface area (Å²) in [5, 5.41) is 9.93. The van der Waals surface area contributed by atoms with Crippen molar-refractivity contribution in [1.82, 2.24) is 16.0 Å². The van der Waals surface area contributed by atoms with Gasteiger partial charge in [-0.25, -0.2) is 4.39 Å². The maximum atomic E-state index is 13.6. The SMILES string of the molecule is CN=C(NCCNC(C)(C)C)NC(C)c1ccc(C)c(F)c1.I. The first-order valence-corrected chi connectivity index (χ1v) is 7.71. The van der Waals surface area contributed by atoms with Crippen LogP contribution in [0.15, 0.2) is 23.2 Å². The number of benzene rings is 1. The molecule has 0 saturated heterocycles. The third-order valence-electron chi connectivity index (χ3n) is 3.35. The van der Waals surface area contributed by atoms with Gasteiger partial charge in [0.25, 0.3) is 0 Å². The highest BCUT2D eigenvalue weighted by atomic mass is 127. The van der Waals surface area contributed by atoms with Crippen molar-refractivity contribution in [3.63, 3.8) is 0 Å². The topological polar surface area (TPSA) is 48.5 Å². The molecule has 1 unspecified atom stereocenters. The highest BCUT2D eigenvalue weighted by molar-refractivity contribution is 14.0. The van der Waals surface area contributed by atoms with Crippen LogP contribution in [0.3, 0.4) is 0 Å². The van der Waals surface area contributed by atoms with E-state index in [9.17, 15) is 4.39 Å². The minimum Gasteiger partial charge on any atom is -0.355 e. The van der Waals surface area contributed by atoms with Gasteiger partial charge in [0, 0.05) is 25.7 Å². The van der Waals surface area contributed by atoms with E-state index >= 15 is 0 Å². The molecule has 3 N–H and O–H groups in total. The zero-order chi connectivity index (χ0) is 16.8. The van der Waals surface area contributed by atoms with E-state index in [0.29, 0.717) is 11.5 Å². The number of nitrogens with zero attached hydrogens (tertiary/aromatic N) is 1. The van der Waals surface area contributed by atoms with Gasteiger partial charge >= 0.3 is 0 Å². The molecule has 0 saturated carbocycles. The Balaban J connectivity index is 0.00000484. The molecular weight excluding hydrogens is 406 g/mol. The summed E-state index contributed by atoms with van der Waals surface area (Å²) in [6, 6.07) is 5.29. The number of aryl methyl sites for hydroxylation is 1. The monoisotopic (exact) mass is 436 g/mol. The Labute approximate surface area is 156 Å². The Morgan fingerprint density at radius 2 is 1.91 bits per heavy atom. The maximum Gasteiger partial charge on any atom is 0.191 e. The van der Waals surface area contributed by atoms with E-state index < -0.39 is 0 Å². The summed E-state index contributed by atoms with van der Waals surface area (Å²) in [6.45, 7) is 11.8. The Bertz CT molecular complexity index is 512. The maximum absolute atomic E-state index is 13.6. The standard InChI is InChI=1S/C17H29FN4.HI/c1-12-7-8-14(11-15(12)18)13(2)22-16(19-6)20-9-10-21-17(3,4)5;/h7-8,11,13,21H,9-10H2,1-6H3,(H2,19,20,22);1H. The van der Waals surface area contributed by atoms with Crippen molar-refractivity contribution in [2.24, 2.45) is 4.99 Å². The molecule has 1 rings (SSSR count). The number of guanidine groups is 1. The van der Waals surface area contributed by atoms with E-state index in [2.05, 4.69) is 41.7 Å². The molecule has 23 heavy (non-hydrogen) atoms. The minimum atomic E-state index is -0.177. The Kier molecular flexibility index (Phi) is 9.68. The second-order valence-electron chi connectivity index (χ2n) is 6.55. The average Bonchev–Trinajstić information content (AvgIpc) is 2.43. The van der Waals surface area contributed by atoms with Crippen LogP contribution in [0.2, 0.25) is 0 Å². The fourth-order valence-electron chi connectivity index (χ4n) is 1.98. The lowest BCUT2D eigenvalue weighted by atomic mass is 10.1. The quantitative estimate of drug-likeness (QED) is 0.287. The predicted molar refractivity (Wildman–Crippen MR) is 107 cm³/mol. The molecule has 0 bridgehead atoms. The lowest BCUT2D eigenvalue weighted by Gasteiger charge is -2.22. The summed E-state index contributed by atoms with van der Waals surface area (Å²) in [5.74, 6) is 0.535. The molecule has 0 spiro atoms. The highest BCUT2D eigenvalue weighted by Crippen LogP contribution is 2.16. The molecule has 1 atom stereocenters. The smallest absolute Gasteiger partial charge is 0.191 e. The van der Waals surface area contributed by atoms with Gasteiger partial charge in [0.1, 0.15) is 5.82 Å². The molecule has 4 nitrogen and oxygen atoms in total. The first kappa shape index (κ1) is 22.1. The van der Waals surface area contributed by atoms with E-state index in [-0.39, 0.29) is 41.4 Å². The van der Waals surface area contributed by atoms with Gasteiger partial charge < -0.3 is 16.0 Å². The van der Waals surface area contributed by atoms with Crippen LogP contribution >= 0.6 is 24.0 Å². The van der Waals surface area contributed by atoms with Crippen LogP contribution in [0.25, 0.3) is 0 Å². The molecule has 1 aromatic rings. The molecular formula is C17H30FIN4. The summed E-state index contributed by atoms with van der Waals surface area (Å²) in [4.78, 5) is 4.20. The van der Waals surface area contributed by atoms with Crippen LogP contribution in [0.1, 0.15) is 44.9 Å². The van der Waals surface area contributed by atoms with Gasteiger partial charge in [-0.15, -0.1) is 24.0 Å². The molecule has 0 aliphatic rings. The minimum absolute atomic E-state index is 0. The number of aliphatic imine (C=N–C) groups is 1. The zero-order valence-corrected chi connectivity index (χ0v) is 17.3. The largest absolute Gasteiger partial charge is 0.355 e. The molecule has 1 aromatic carbocycles. The second kappa shape index (κ2) is 10.1. The molecule has 0 fully saturated rings. The van der Waals surface area contributed by atoms with Crippen molar-refractivity contribution >= 4 is 29.9 Å². The molecule has 6 heteroatoms. The van der Waals surface area contributed by atoms with Crippen LogP contribution in [0.4, 0.5) is 4.39 Å². The lowest BCUT2D eigenvalue weighted by Crippen LogP contribution is -2.45. The van der Waals surface area contributed by atoms with E-state index in [0.717, 1.165) is 18.7 Å². The Hall–Kier alpha value is -0.890. The predicted octanol–water partition coefficient (Wildman–Crippen LogP) is 3.37.